The monoisotopic (exact) mass is 417 g/mol. The number of hydrogen-bond acceptors (Lipinski definition) is 5. The minimum absolute atomic E-state index is 0.0319. The van der Waals surface area contributed by atoms with Gasteiger partial charge in [-0.1, -0.05) is 23.8 Å². The molecule has 2 aromatic rings. The van der Waals surface area contributed by atoms with Crippen LogP contribution in [-0.4, -0.2) is 54.9 Å². The molecule has 1 aliphatic rings. The second kappa shape index (κ2) is 8.71. The van der Waals surface area contributed by atoms with E-state index in [1.165, 1.54) is 18.2 Å². The highest BCUT2D eigenvalue weighted by molar-refractivity contribution is 7.89. The molecule has 1 amide bonds. The van der Waals surface area contributed by atoms with Crippen molar-refractivity contribution in [3.05, 3.63) is 59.4 Å². The Hall–Kier alpha value is -2.78. The Balaban J connectivity index is 1.63. The average molecular weight is 417 g/mol. The molecule has 1 aliphatic heterocycles. The average Bonchev–Trinajstić information content (AvgIpc) is 2.72. The van der Waals surface area contributed by atoms with Crippen molar-refractivity contribution in [1.82, 2.24) is 14.6 Å². The summed E-state index contributed by atoms with van der Waals surface area (Å²) in [7, 11) is -3.61. The van der Waals surface area contributed by atoms with E-state index in [0.29, 0.717) is 13.1 Å². The SMILES string of the molecule is Cc1ccc(S(=O)(=O)NC[C@@H]2CCCN(C(=O)c3cccc(C(=O)O)n3)C2)cc1. The number of carbonyl (C=O) groups excluding carboxylic acids is 1. The van der Waals surface area contributed by atoms with Crippen molar-refractivity contribution >= 4 is 21.9 Å². The van der Waals surface area contributed by atoms with E-state index in [4.69, 9.17) is 5.11 Å². The quantitative estimate of drug-likeness (QED) is 0.742. The molecule has 154 valence electrons. The van der Waals surface area contributed by atoms with E-state index in [0.717, 1.165) is 18.4 Å². The normalized spacial score (nSPS) is 17.1. The number of likely N-dealkylation sites (tertiary alicyclic amines) is 1. The summed E-state index contributed by atoms with van der Waals surface area (Å²) in [5.74, 6) is -1.57. The molecule has 1 saturated heterocycles. The number of piperidine rings is 1. The number of carboxylic acids is 1. The first-order valence-corrected chi connectivity index (χ1v) is 10.8. The molecule has 1 aromatic carbocycles. The molecular weight excluding hydrogens is 394 g/mol. The van der Waals surface area contributed by atoms with Gasteiger partial charge in [-0.05, 0) is 49.9 Å². The first-order valence-electron chi connectivity index (χ1n) is 9.32. The van der Waals surface area contributed by atoms with Crippen LogP contribution in [-0.2, 0) is 10.0 Å². The van der Waals surface area contributed by atoms with E-state index in [9.17, 15) is 18.0 Å². The molecular formula is C20H23N3O5S. The third-order valence-electron chi connectivity index (χ3n) is 4.89. The molecule has 2 N–H and O–H groups in total. The van der Waals surface area contributed by atoms with E-state index in [1.54, 1.807) is 29.2 Å². The molecule has 0 unspecified atom stereocenters. The van der Waals surface area contributed by atoms with Crippen LogP contribution in [0.1, 0.15) is 39.4 Å². The van der Waals surface area contributed by atoms with Gasteiger partial charge < -0.3 is 10.0 Å². The fraction of sp³-hybridized carbons (Fsp3) is 0.350. The van der Waals surface area contributed by atoms with Gasteiger partial charge in [0.25, 0.3) is 5.91 Å². The Morgan fingerprint density at radius 3 is 2.55 bits per heavy atom. The first kappa shape index (κ1) is 20.9. The molecule has 0 saturated carbocycles. The Morgan fingerprint density at radius 1 is 1.17 bits per heavy atom. The van der Waals surface area contributed by atoms with Gasteiger partial charge in [0, 0.05) is 19.6 Å². The fourth-order valence-electron chi connectivity index (χ4n) is 3.28. The molecule has 1 fully saturated rings. The summed E-state index contributed by atoms with van der Waals surface area (Å²) in [5.41, 5.74) is 0.868. The summed E-state index contributed by atoms with van der Waals surface area (Å²) in [6.45, 7) is 3.02. The standard InChI is InChI=1S/C20H23N3O5S/c1-14-7-9-16(10-8-14)29(27,28)21-12-15-4-3-11-23(13-15)19(24)17-5-2-6-18(22-17)20(25)26/h2,5-10,15,21H,3-4,11-13H2,1H3,(H,25,26)/t15-/m0/s1. The third-order valence-corrected chi connectivity index (χ3v) is 6.33. The second-order valence-corrected chi connectivity index (χ2v) is 8.90. The number of carbonyl (C=O) groups is 2. The summed E-state index contributed by atoms with van der Waals surface area (Å²) >= 11 is 0. The van der Waals surface area contributed by atoms with Crippen LogP contribution >= 0.6 is 0 Å². The largest absolute Gasteiger partial charge is 0.477 e. The van der Waals surface area contributed by atoms with E-state index >= 15 is 0 Å². The molecule has 8 nitrogen and oxygen atoms in total. The number of carboxylic acid groups (broad SMARTS) is 1. The minimum atomic E-state index is -3.61. The van der Waals surface area contributed by atoms with E-state index < -0.39 is 16.0 Å². The summed E-state index contributed by atoms with van der Waals surface area (Å²) in [6, 6.07) is 10.9. The van der Waals surface area contributed by atoms with Gasteiger partial charge in [0.15, 0.2) is 0 Å². The molecule has 0 aliphatic carbocycles. The maximum Gasteiger partial charge on any atom is 0.354 e. The summed E-state index contributed by atoms with van der Waals surface area (Å²) in [4.78, 5) is 29.5. The van der Waals surface area contributed by atoms with Gasteiger partial charge in [-0.15, -0.1) is 0 Å². The number of nitrogens with one attached hydrogen (secondary N) is 1. The van der Waals surface area contributed by atoms with Crippen molar-refractivity contribution in [3.63, 3.8) is 0 Å². The Bertz CT molecular complexity index is 1010. The van der Waals surface area contributed by atoms with E-state index in [-0.39, 0.29) is 34.7 Å². The lowest BCUT2D eigenvalue weighted by Crippen LogP contribution is -2.44. The Kier molecular flexibility index (Phi) is 6.29. The van der Waals surface area contributed by atoms with Gasteiger partial charge in [0.2, 0.25) is 10.0 Å². The van der Waals surface area contributed by atoms with Crippen LogP contribution < -0.4 is 4.72 Å². The maximum absolute atomic E-state index is 12.7. The van der Waals surface area contributed by atoms with Crippen molar-refractivity contribution < 1.29 is 23.1 Å². The number of amides is 1. The van der Waals surface area contributed by atoms with Crippen LogP contribution in [0.25, 0.3) is 0 Å². The summed E-state index contributed by atoms with van der Waals surface area (Å²) in [6.07, 6.45) is 1.53. The number of pyridine rings is 1. The maximum atomic E-state index is 12.7. The van der Waals surface area contributed by atoms with Crippen LogP contribution in [0.15, 0.2) is 47.4 Å². The van der Waals surface area contributed by atoms with Crippen molar-refractivity contribution in [2.24, 2.45) is 5.92 Å². The van der Waals surface area contributed by atoms with Gasteiger partial charge >= 0.3 is 5.97 Å². The predicted octanol–water partition coefficient (Wildman–Crippen LogP) is 1.92. The molecule has 29 heavy (non-hydrogen) atoms. The fourth-order valence-corrected chi connectivity index (χ4v) is 4.40. The Labute approximate surface area is 169 Å². The molecule has 1 atom stereocenters. The molecule has 9 heteroatoms. The highest BCUT2D eigenvalue weighted by Crippen LogP contribution is 2.19. The molecule has 0 bridgehead atoms. The zero-order valence-corrected chi connectivity index (χ0v) is 16.9. The molecule has 0 spiro atoms. The van der Waals surface area contributed by atoms with Crippen molar-refractivity contribution in [2.45, 2.75) is 24.7 Å². The van der Waals surface area contributed by atoms with Crippen LogP contribution in [0.4, 0.5) is 0 Å². The highest BCUT2D eigenvalue weighted by Gasteiger charge is 2.27. The van der Waals surface area contributed by atoms with Gasteiger partial charge in [0.1, 0.15) is 11.4 Å². The molecule has 3 rings (SSSR count). The molecule has 0 radical (unpaired) electrons. The number of aryl methyl sites for hydroxylation is 1. The van der Waals surface area contributed by atoms with Crippen LogP contribution in [0, 0.1) is 12.8 Å². The zero-order valence-electron chi connectivity index (χ0n) is 16.0. The lowest BCUT2D eigenvalue weighted by molar-refractivity contribution is 0.0668. The number of aromatic carboxylic acids is 1. The summed E-state index contributed by atoms with van der Waals surface area (Å²) in [5, 5.41) is 9.05. The Morgan fingerprint density at radius 2 is 1.86 bits per heavy atom. The molecule has 1 aromatic heterocycles. The molecule has 2 heterocycles. The second-order valence-electron chi connectivity index (χ2n) is 7.14. The number of nitrogens with zero attached hydrogens (tertiary/aromatic N) is 2. The van der Waals surface area contributed by atoms with Gasteiger partial charge in [-0.3, -0.25) is 4.79 Å². The van der Waals surface area contributed by atoms with E-state index in [1.807, 2.05) is 6.92 Å². The van der Waals surface area contributed by atoms with Gasteiger partial charge in [-0.25, -0.2) is 22.9 Å². The van der Waals surface area contributed by atoms with Crippen molar-refractivity contribution in [2.75, 3.05) is 19.6 Å². The van der Waals surface area contributed by atoms with Crippen LogP contribution in [0.5, 0.6) is 0 Å². The van der Waals surface area contributed by atoms with Crippen LogP contribution in [0.3, 0.4) is 0 Å². The number of hydrogen-bond donors (Lipinski definition) is 2. The van der Waals surface area contributed by atoms with Gasteiger partial charge in [-0.2, -0.15) is 0 Å². The number of rotatable bonds is 6. The highest BCUT2D eigenvalue weighted by atomic mass is 32.2. The first-order chi connectivity index (χ1) is 13.8. The minimum Gasteiger partial charge on any atom is -0.477 e. The third kappa shape index (κ3) is 5.18. The van der Waals surface area contributed by atoms with E-state index in [2.05, 4.69) is 9.71 Å². The lowest BCUT2D eigenvalue weighted by Gasteiger charge is -2.32. The summed E-state index contributed by atoms with van der Waals surface area (Å²) < 4.78 is 27.6. The topological polar surface area (TPSA) is 117 Å². The van der Waals surface area contributed by atoms with Crippen LogP contribution in [0.2, 0.25) is 0 Å². The predicted molar refractivity (Wildman–Crippen MR) is 106 cm³/mol. The van der Waals surface area contributed by atoms with Gasteiger partial charge in [0.05, 0.1) is 4.90 Å². The lowest BCUT2D eigenvalue weighted by atomic mass is 9.98. The van der Waals surface area contributed by atoms with Crippen molar-refractivity contribution in [1.29, 1.82) is 0 Å². The number of benzene rings is 1. The smallest absolute Gasteiger partial charge is 0.354 e. The number of sulfonamides is 1. The zero-order chi connectivity index (χ0) is 21.0. The number of aromatic nitrogens is 1. The van der Waals surface area contributed by atoms with Crippen molar-refractivity contribution in [3.8, 4) is 0 Å².